The van der Waals surface area contributed by atoms with E-state index in [9.17, 15) is 8.42 Å². The number of hydrogen-bond donors (Lipinski definition) is 0. The van der Waals surface area contributed by atoms with Gasteiger partial charge in [-0.25, -0.2) is 8.42 Å². The minimum Gasteiger partial charge on any atom is -0.496 e. The van der Waals surface area contributed by atoms with Crippen molar-refractivity contribution in [2.24, 2.45) is 0 Å². The second-order valence-corrected chi connectivity index (χ2v) is 9.07. The standard InChI is InChI=1S/C23H22O6S/c1-14-20(26-2)9-16(10-21(14)27-3)19-12-23-22(28-13-29-23)11-18(19)15-5-7-17(8-6-15)30(4,24)25/h5-12H,13H2,1-4H3. The molecule has 156 valence electrons. The molecule has 4 rings (SSSR count). The maximum absolute atomic E-state index is 11.8. The van der Waals surface area contributed by atoms with E-state index in [0.717, 1.165) is 27.8 Å². The Bertz CT molecular complexity index is 1190. The third kappa shape index (κ3) is 3.57. The zero-order chi connectivity index (χ0) is 21.5. The first-order valence-corrected chi connectivity index (χ1v) is 11.2. The molecule has 0 spiro atoms. The molecule has 0 aliphatic carbocycles. The quantitative estimate of drug-likeness (QED) is 0.599. The van der Waals surface area contributed by atoms with Gasteiger partial charge in [-0.1, -0.05) is 12.1 Å². The average Bonchev–Trinajstić information content (AvgIpc) is 3.20. The highest BCUT2D eigenvalue weighted by molar-refractivity contribution is 7.90. The van der Waals surface area contributed by atoms with Crippen molar-refractivity contribution >= 4 is 9.84 Å². The van der Waals surface area contributed by atoms with Gasteiger partial charge in [0.1, 0.15) is 11.5 Å². The minimum atomic E-state index is -3.27. The summed E-state index contributed by atoms with van der Waals surface area (Å²) in [4.78, 5) is 0.271. The van der Waals surface area contributed by atoms with Gasteiger partial charge in [0.2, 0.25) is 6.79 Å². The van der Waals surface area contributed by atoms with Crippen LogP contribution in [0, 0.1) is 6.92 Å². The summed E-state index contributed by atoms with van der Waals surface area (Å²) in [6, 6.07) is 14.5. The van der Waals surface area contributed by atoms with E-state index in [0.29, 0.717) is 23.0 Å². The van der Waals surface area contributed by atoms with Crippen LogP contribution >= 0.6 is 0 Å². The van der Waals surface area contributed by atoms with Gasteiger partial charge in [0.25, 0.3) is 0 Å². The Balaban J connectivity index is 1.93. The van der Waals surface area contributed by atoms with Crippen molar-refractivity contribution in [2.75, 3.05) is 27.3 Å². The van der Waals surface area contributed by atoms with Crippen molar-refractivity contribution in [1.29, 1.82) is 0 Å². The fourth-order valence-corrected chi connectivity index (χ4v) is 4.17. The number of fused-ring (bicyclic) bond motifs is 1. The van der Waals surface area contributed by atoms with E-state index in [4.69, 9.17) is 18.9 Å². The Kier molecular flexibility index (Phi) is 5.07. The zero-order valence-corrected chi connectivity index (χ0v) is 18.0. The van der Waals surface area contributed by atoms with Crippen molar-refractivity contribution < 1.29 is 27.4 Å². The molecule has 0 fully saturated rings. The Morgan fingerprint density at radius 3 is 1.77 bits per heavy atom. The van der Waals surface area contributed by atoms with Gasteiger partial charge in [0.15, 0.2) is 21.3 Å². The van der Waals surface area contributed by atoms with E-state index in [1.165, 1.54) is 6.26 Å². The molecule has 0 atom stereocenters. The highest BCUT2D eigenvalue weighted by Crippen LogP contribution is 2.45. The normalized spacial score (nSPS) is 12.7. The molecule has 1 heterocycles. The molecule has 0 radical (unpaired) electrons. The first-order valence-electron chi connectivity index (χ1n) is 9.29. The molecule has 0 aromatic heterocycles. The molecule has 3 aromatic carbocycles. The van der Waals surface area contributed by atoms with Crippen LogP contribution in [-0.2, 0) is 9.84 Å². The van der Waals surface area contributed by atoms with E-state index < -0.39 is 9.84 Å². The van der Waals surface area contributed by atoms with Crippen molar-refractivity contribution in [3.8, 4) is 45.3 Å². The fraction of sp³-hybridized carbons (Fsp3) is 0.217. The van der Waals surface area contributed by atoms with E-state index in [1.807, 2.05) is 31.2 Å². The molecule has 0 amide bonds. The van der Waals surface area contributed by atoms with Crippen LogP contribution in [0.1, 0.15) is 5.56 Å². The number of sulfone groups is 1. The smallest absolute Gasteiger partial charge is 0.231 e. The molecule has 7 heteroatoms. The summed E-state index contributed by atoms with van der Waals surface area (Å²) in [5.41, 5.74) is 4.42. The van der Waals surface area contributed by atoms with Crippen LogP contribution in [0.2, 0.25) is 0 Å². The molecule has 0 unspecified atom stereocenters. The largest absolute Gasteiger partial charge is 0.496 e. The summed E-state index contributed by atoms with van der Waals surface area (Å²) in [6.45, 7) is 2.09. The third-order valence-electron chi connectivity index (χ3n) is 5.17. The summed E-state index contributed by atoms with van der Waals surface area (Å²) in [5.74, 6) is 2.72. The van der Waals surface area contributed by atoms with Gasteiger partial charge in [-0.05, 0) is 65.6 Å². The van der Waals surface area contributed by atoms with Gasteiger partial charge in [0.05, 0.1) is 19.1 Å². The van der Waals surface area contributed by atoms with Crippen LogP contribution in [0.4, 0.5) is 0 Å². The number of ether oxygens (including phenoxy) is 4. The highest BCUT2D eigenvalue weighted by atomic mass is 32.2. The van der Waals surface area contributed by atoms with Crippen molar-refractivity contribution in [3.63, 3.8) is 0 Å². The van der Waals surface area contributed by atoms with Crippen LogP contribution in [0.15, 0.2) is 53.4 Å². The van der Waals surface area contributed by atoms with Gasteiger partial charge >= 0.3 is 0 Å². The number of hydrogen-bond acceptors (Lipinski definition) is 6. The third-order valence-corrected chi connectivity index (χ3v) is 6.30. The molecule has 6 nitrogen and oxygen atoms in total. The summed E-state index contributed by atoms with van der Waals surface area (Å²) >= 11 is 0. The van der Waals surface area contributed by atoms with Gasteiger partial charge in [-0.3, -0.25) is 0 Å². The molecule has 1 aliphatic rings. The number of methoxy groups -OCH3 is 2. The zero-order valence-electron chi connectivity index (χ0n) is 17.2. The lowest BCUT2D eigenvalue weighted by Crippen LogP contribution is -1.97. The van der Waals surface area contributed by atoms with Crippen LogP contribution in [-0.4, -0.2) is 35.7 Å². The molecule has 0 N–H and O–H groups in total. The predicted octanol–water partition coefficient (Wildman–Crippen LogP) is 4.48. The van der Waals surface area contributed by atoms with Crippen molar-refractivity contribution in [3.05, 3.63) is 54.1 Å². The molecule has 0 saturated heterocycles. The van der Waals surface area contributed by atoms with Crippen molar-refractivity contribution in [1.82, 2.24) is 0 Å². The number of benzene rings is 3. The molecule has 1 aliphatic heterocycles. The lowest BCUT2D eigenvalue weighted by Gasteiger charge is -2.16. The van der Waals surface area contributed by atoms with Crippen LogP contribution < -0.4 is 18.9 Å². The number of rotatable bonds is 5. The summed E-state index contributed by atoms with van der Waals surface area (Å²) in [6.07, 6.45) is 1.19. The summed E-state index contributed by atoms with van der Waals surface area (Å²) in [5, 5.41) is 0. The fourth-order valence-electron chi connectivity index (χ4n) is 3.54. The molecular weight excluding hydrogens is 404 g/mol. The highest BCUT2D eigenvalue weighted by Gasteiger charge is 2.21. The summed E-state index contributed by atoms with van der Waals surface area (Å²) in [7, 11) is -0.0320. The topological polar surface area (TPSA) is 71.1 Å². The molecule has 30 heavy (non-hydrogen) atoms. The van der Waals surface area contributed by atoms with Crippen LogP contribution in [0.25, 0.3) is 22.3 Å². The average molecular weight is 426 g/mol. The van der Waals surface area contributed by atoms with E-state index in [2.05, 4.69) is 0 Å². The first-order chi connectivity index (χ1) is 14.3. The Hall–Kier alpha value is -3.19. The van der Waals surface area contributed by atoms with E-state index in [-0.39, 0.29) is 11.7 Å². The summed E-state index contributed by atoms with van der Waals surface area (Å²) < 4.78 is 45.9. The molecule has 3 aromatic rings. The SMILES string of the molecule is COc1cc(-c2cc3c(cc2-c2ccc(S(C)(=O)=O)cc2)OCO3)cc(OC)c1C. The second-order valence-electron chi connectivity index (χ2n) is 7.05. The Morgan fingerprint density at radius 2 is 1.30 bits per heavy atom. The van der Waals surface area contributed by atoms with Gasteiger partial charge in [-0.2, -0.15) is 0 Å². The van der Waals surface area contributed by atoms with Crippen LogP contribution in [0.5, 0.6) is 23.0 Å². The van der Waals surface area contributed by atoms with E-state index in [1.54, 1.807) is 38.5 Å². The van der Waals surface area contributed by atoms with E-state index >= 15 is 0 Å². The van der Waals surface area contributed by atoms with Gasteiger partial charge < -0.3 is 18.9 Å². The lowest BCUT2D eigenvalue weighted by molar-refractivity contribution is 0.174. The maximum atomic E-state index is 11.8. The lowest BCUT2D eigenvalue weighted by atomic mass is 9.93. The van der Waals surface area contributed by atoms with Gasteiger partial charge in [0, 0.05) is 11.8 Å². The first kappa shape index (κ1) is 20.1. The minimum absolute atomic E-state index is 0.159. The molecular formula is C23H22O6S. The second kappa shape index (κ2) is 7.57. The van der Waals surface area contributed by atoms with Crippen LogP contribution in [0.3, 0.4) is 0 Å². The predicted molar refractivity (Wildman–Crippen MR) is 114 cm³/mol. The Morgan fingerprint density at radius 1 is 0.800 bits per heavy atom. The monoisotopic (exact) mass is 426 g/mol. The Labute approximate surface area is 175 Å². The molecule has 0 saturated carbocycles. The van der Waals surface area contributed by atoms with Gasteiger partial charge in [-0.15, -0.1) is 0 Å². The van der Waals surface area contributed by atoms with Crippen molar-refractivity contribution in [2.45, 2.75) is 11.8 Å². The molecule has 0 bridgehead atoms. The maximum Gasteiger partial charge on any atom is 0.231 e.